The Morgan fingerprint density at radius 3 is 2.83 bits per heavy atom. The number of hydrogen-bond donors (Lipinski definition) is 2. The minimum Gasteiger partial charge on any atom is -0.370 e. The van der Waals surface area contributed by atoms with Gasteiger partial charge in [0.25, 0.3) is 0 Å². The molecule has 23 heavy (non-hydrogen) atoms. The smallest absolute Gasteiger partial charge is 0.188 e. The molecule has 1 aliphatic carbocycles. The summed E-state index contributed by atoms with van der Waals surface area (Å²) >= 11 is 0. The molecule has 1 aromatic heterocycles. The number of halogens is 1. The largest absolute Gasteiger partial charge is 0.370 e. The molecule has 1 fully saturated rings. The van der Waals surface area contributed by atoms with Gasteiger partial charge in [-0.3, -0.25) is 9.98 Å². The molecule has 0 atom stereocenters. The number of nitrogens with zero attached hydrogens (tertiary/aromatic N) is 3. The Morgan fingerprint density at radius 2 is 2.13 bits per heavy atom. The van der Waals surface area contributed by atoms with Gasteiger partial charge in [0.15, 0.2) is 5.96 Å². The number of pyridine rings is 1. The molecule has 0 aliphatic heterocycles. The molecule has 0 bridgehead atoms. The summed E-state index contributed by atoms with van der Waals surface area (Å²) in [4.78, 5) is 11.1. The van der Waals surface area contributed by atoms with Crippen LogP contribution in [0.2, 0.25) is 0 Å². The van der Waals surface area contributed by atoms with Crippen molar-refractivity contribution in [1.29, 1.82) is 0 Å². The third-order valence-corrected chi connectivity index (χ3v) is 4.35. The normalized spacial score (nSPS) is 16.2. The van der Waals surface area contributed by atoms with Crippen LogP contribution in [0.1, 0.15) is 37.8 Å². The highest BCUT2D eigenvalue weighted by molar-refractivity contribution is 14.0. The Bertz CT molecular complexity index is 446. The van der Waals surface area contributed by atoms with E-state index in [4.69, 9.17) is 5.73 Å². The van der Waals surface area contributed by atoms with Gasteiger partial charge in [-0.1, -0.05) is 25.3 Å². The quantitative estimate of drug-likeness (QED) is 0.396. The number of guanidine groups is 1. The lowest BCUT2D eigenvalue weighted by molar-refractivity contribution is 0.196. The van der Waals surface area contributed by atoms with Gasteiger partial charge in [-0.15, -0.1) is 24.0 Å². The predicted octanol–water partition coefficient (Wildman–Crippen LogP) is 2.41. The van der Waals surface area contributed by atoms with Gasteiger partial charge in [-0.2, -0.15) is 0 Å². The molecule has 1 heterocycles. The maximum absolute atomic E-state index is 5.90. The molecule has 0 unspecified atom stereocenters. The average molecular weight is 431 g/mol. The summed E-state index contributed by atoms with van der Waals surface area (Å²) in [6.07, 6.45) is 9.48. The lowest BCUT2D eigenvalue weighted by Gasteiger charge is -2.30. The summed E-state index contributed by atoms with van der Waals surface area (Å²) in [6, 6.07) is 6.69. The van der Waals surface area contributed by atoms with Crippen LogP contribution in [-0.2, 0) is 6.42 Å². The molecule has 0 saturated heterocycles. The number of nitrogens with one attached hydrogen (secondary N) is 1. The van der Waals surface area contributed by atoms with Gasteiger partial charge >= 0.3 is 0 Å². The SMILES string of the molecule is CN(CCN=C(N)NCCc1ccccn1)C1CCCCC1.I. The Labute approximate surface area is 157 Å². The minimum atomic E-state index is 0. The van der Waals surface area contributed by atoms with Crippen molar-refractivity contribution in [2.45, 2.75) is 44.6 Å². The number of aromatic nitrogens is 1. The number of hydrogen-bond acceptors (Lipinski definition) is 3. The predicted molar refractivity (Wildman–Crippen MR) is 107 cm³/mol. The molecule has 6 heteroatoms. The van der Waals surface area contributed by atoms with E-state index in [9.17, 15) is 0 Å². The zero-order chi connectivity index (χ0) is 15.6. The van der Waals surface area contributed by atoms with Gasteiger partial charge in [0.05, 0.1) is 6.54 Å². The number of rotatable bonds is 7. The van der Waals surface area contributed by atoms with E-state index in [0.717, 1.165) is 37.8 Å². The third kappa shape index (κ3) is 7.97. The van der Waals surface area contributed by atoms with Crippen molar-refractivity contribution in [3.8, 4) is 0 Å². The van der Waals surface area contributed by atoms with Crippen LogP contribution < -0.4 is 11.1 Å². The Morgan fingerprint density at radius 1 is 1.35 bits per heavy atom. The molecule has 0 aromatic carbocycles. The summed E-state index contributed by atoms with van der Waals surface area (Å²) in [5, 5.41) is 3.15. The van der Waals surface area contributed by atoms with Crippen molar-refractivity contribution in [3.05, 3.63) is 30.1 Å². The molecule has 0 amide bonds. The molecule has 2 rings (SSSR count). The summed E-state index contributed by atoms with van der Waals surface area (Å²) in [5.41, 5.74) is 6.97. The average Bonchev–Trinajstić information content (AvgIpc) is 2.56. The first kappa shape index (κ1) is 20.2. The molecular weight excluding hydrogens is 401 g/mol. The molecule has 1 aliphatic rings. The van der Waals surface area contributed by atoms with Crippen LogP contribution in [0, 0.1) is 0 Å². The lowest BCUT2D eigenvalue weighted by Crippen LogP contribution is -2.37. The molecule has 1 aromatic rings. The van der Waals surface area contributed by atoms with Gasteiger partial charge in [0.2, 0.25) is 0 Å². The fourth-order valence-electron chi connectivity index (χ4n) is 2.95. The second-order valence-electron chi connectivity index (χ2n) is 6.04. The molecule has 130 valence electrons. The van der Waals surface area contributed by atoms with Crippen molar-refractivity contribution in [3.63, 3.8) is 0 Å². The van der Waals surface area contributed by atoms with Crippen LogP contribution in [0.25, 0.3) is 0 Å². The Hall–Kier alpha value is -0.890. The standard InChI is InChI=1S/C17H29N5.HI/c1-22(16-8-3-2-4-9-16)14-13-21-17(18)20-12-10-15-7-5-6-11-19-15;/h5-7,11,16H,2-4,8-10,12-14H2,1H3,(H3,18,20,21);1H. The fraction of sp³-hybridized carbons (Fsp3) is 0.647. The highest BCUT2D eigenvalue weighted by atomic mass is 127. The van der Waals surface area contributed by atoms with Crippen LogP contribution in [0.3, 0.4) is 0 Å². The van der Waals surface area contributed by atoms with Gasteiger partial charge in [-0.05, 0) is 32.0 Å². The van der Waals surface area contributed by atoms with Crippen LogP contribution >= 0.6 is 24.0 Å². The summed E-state index contributed by atoms with van der Waals surface area (Å²) < 4.78 is 0. The van der Waals surface area contributed by atoms with Crippen LogP contribution in [0.4, 0.5) is 0 Å². The zero-order valence-electron chi connectivity index (χ0n) is 14.1. The fourth-order valence-corrected chi connectivity index (χ4v) is 2.95. The third-order valence-electron chi connectivity index (χ3n) is 4.35. The molecule has 0 spiro atoms. The first-order chi connectivity index (χ1) is 10.8. The first-order valence-electron chi connectivity index (χ1n) is 8.39. The zero-order valence-corrected chi connectivity index (χ0v) is 16.4. The van der Waals surface area contributed by atoms with Crippen molar-refractivity contribution >= 4 is 29.9 Å². The van der Waals surface area contributed by atoms with E-state index in [1.165, 1.54) is 32.1 Å². The summed E-state index contributed by atoms with van der Waals surface area (Å²) in [6.45, 7) is 2.51. The molecule has 1 saturated carbocycles. The number of aliphatic imine (C=N–C) groups is 1. The second kappa shape index (κ2) is 11.6. The monoisotopic (exact) mass is 431 g/mol. The highest BCUT2D eigenvalue weighted by Gasteiger charge is 2.17. The van der Waals surface area contributed by atoms with E-state index in [1.807, 2.05) is 24.4 Å². The van der Waals surface area contributed by atoms with E-state index in [0.29, 0.717) is 5.96 Å². The Kier molecular flexibility index (Phi) is 10.2. The van der Waals surface area contributed by atoms with E-state index in [1.54, 1.807) is 0 Å². The van der Waals surface area contributed by atoms with Crippen molar-refractivity contribution < 1.29 is 0 Å². The van der Waals surface area contributed by atoms with E-state index < -0.39 is 0 Å². The topological polar surface area (TPSA) is 66.5 Å². The molecule has 3 N–H and O–H groups in total. The molecule has 0 radical (unpaired) electrons. The van der Waals surface area contributed by atoms with Crippen LogP contribution in [0.15, 0.2) is 29.4 Å². The second-order valence-corrected chi connectivity index (χ2v) is 6.04. The van der Waals surface area contributed by atoms with E-state index >= 15 is 0 Å². The minimum absolute atomic E-state index is 0. The Balaban J connectivity index is 0.00000264. The first-order valence-corrected chi connectivity index (χ1v) is 8.39. The van der Waals surface area contributed by atoms with Gasteiger partial charge in [0, 0.05) is 37.4 Å². The highest BCUT2D eigenvalue weighted by Crippen LogP contribution is 2.21. The maximum Gasteiger partial charge on any atom is 0.188 e. The lowest BCUT2D eigenvalue weighted by atomic mass is 9.94. The van der Waals surface area contributed by atoms with Crippen LogP contribution in [0.5, 0.6) is 0 Å². The molecule has 5 nitrogen and oxygen atoms in total. The number of likely N-dealkylation sites (N-methyl/N-ethyl adjacent to an activating group) is 1. The van der Waals surface area contributed by atoms with Gasteiger partial charge in [0.1, 0.15) is 0 Å². The van der Waals surface area contributed by atoms with Crippen molar-refractivity contribution in [2.75, 3.05) is 26.7 Å². The van der Waals surface area contributed by atoms with Gasteiger partial charge < -0.3 is 16.0 Å². The summed E-state index contributed by atoms with van der Waals surface area (Å²) in [7, 11) is 2.20. The summed E-state index contributed by atoms with van der Waals surface area (Å²) in [5.74, 6) is 0.535. The van der Waals surface area contributed by atoms with Crippen LogP contribution in [-0.4, -0.2) is 48.6 Å². The van der Waals surface area contributed by atoms with E-state index in [2.05, 4.69) is 27.2 Å². The van der Waals surface area contributed by atoms with E-state index in [-0.39, 0.29) is 24.0 Å². The van der Waals surface area contributed by atoms with Crippen molar-refractivity contribution in [2.24, 2.45) is 10.7 Å². The maximum atomic E-state index is 5.90. The molecular formula is C17H30IN5. The number of nitrogens with two attached hydrogens (primary N) is 1. The van der Waals surface area contributed by atoms with Crippen molar-refractivity contribution in [1.82, 2.24) is 15.2 Å². The van der Waals surface area contributed by atoms with Gasteiger partial charge in [-0.25, -0.2) is 0 Å².